The molecule has 0 bridgehead atoms. The van der Waals surface area contributed by atoms with E-state index in [1.807, 2.05) is 86.5 Å². The molecule has 0 unspecified atom stereocenters. The first-order chi connectivity index (χ1) is 39.1. The highest BCUT2D eigenvalue weighted by atomic mass is 19.2. The van der Waals surface area contributed by atoms with Gasteiger partial charge in [-0.05, 0) is 152 Å². The van der Waals surface area contributed by atoms with Gasteiger partial charge in [0, 0.05) is 45.9 Å². The second-order valence-electron chi connectivity index (χ2n) is 24.5. The lowest BCUT2D eigenvalue weighted by molar-refractivity contribution is 0.381. The molecule has 0 fully saturated rings. The molecule has 2 aromatic heterocycles. The molecule has 418 valence electrons. The van der Waals surface area contributed by atoms with Crippen LogP contribution in [-0.4, -0.2) is 16.2 Å². The van der Waals surface area contributed by atoms with Crippen molar-refractivity contribution in [2.75, 3.05) is 16.5 Å². The monoisotopic (exact) mass is 1100 g/mol. The number of nitrogens with zero attached hydrogens (tertiary/aromatic N) is 4. The largest absolute Gasteiger partial charge is 0.457 e. The van der Waals surface area contributed by atoms with Gasteiger partial charge in [0.1, 0.15) is 24.0 Å². The molecule has 1 aliphatic heterocycles. The molecule has 82 heavy (non-hydrogen) atoms. The second-order valence-corrected chi connectivity index (χ2v) is 24.5. The molecule has 5 nitrogen and oxygen atoms in total. The molecule has 0 radical (unpaired) electrons. The predicted octanol–water partition coefficient (Wildman–Crippen LogP) is 20.9. The molecule has 10 heteroatoms. The summed E-state index contributed by atoms with van der Waals surface area (Å²) in [6.45, 7) is 25.3. The predicted molar refractivity (Wildman–Crippen MR) is 328 cm³/mol. The molecule has 11 rings (SSSR count). The summed E-state index contributed by atoms with van der Waals surface area (Å²) in [6, 6.07) is 49.1. The van der Waals surface area contributed by atoms with E-state index in [0.717, 1.165) is 85.2 Å². The van der Waals surface area contributed by atoms with Gasteiger partial charge in [-0.25, -0.2) is 26.9 Å². The summed E-state index contributed by atoms with van der Waals surface area (Å²) in [7, 11) is 0. The van der Waals surface area contributed by atoms with E-state index in [1.165, 1.54) is 11.1 Å². The number of pyridine rings is 1. The third-order valence-corrected chi connectivity index (χ3v) is 16.3. The Bertz CT molecular complexity index is 4070. The lowest BCUT2D eigenvalue weighted by Crippen LogP contribution is -2.26. The molecule has 3 heterocycles. The number of para-hydroxylation sites is 3. The fourth-order valence-corrected chi connectivity index (χ4v) is 11.7. The van der Waals surface area contributed by atoms with E-state index in [2.05, 4.69) is 157 Å². The van der Waals surface area contributed by atoms with Crippen molar-refractivity contribution >= 4 is 44.6 Å². The van der Waals surface area contributed by atoms with Crippen LogP contribution in [0, 0.1) is 29.1 Å². The standard InChI is InChI=1S/C72H69F5N4O/c1-13-43-20-19-21-44(14-2)63(43)48-33-51(38-53(34-48)82-52-26-27-55-54-22-15-16-23-58(54)81(61(55)39-52)62-37-49(28-29-78-62)71(7,8)9)79-40-80(60-25-18-17-24-59(60)79)70-56(47-31-45(41(3)4)30-46(32-47)42(5)6)35-50(72(10,11)12)36-57(70)64-65(73)67(75)69(77)68(76)66(64)74/h15-39,41-42H,13-14,40H2,1-12H3. The van der Waals surface area contributed by atoms with E-state index in [4.69, 9.17) is 9.72 Å². The van der Waals surface area contributed by atoms with Gasteiger partial charge in [0.15, 0.2) is 23.3 Å². The Morgan fingerprint density at radius 2 is 1.09 bits per heavy atom. The Morgan fingerprint density at radius 3 is 1.71 bits per heavy atom. The van der Waals surface area contributed by atoms with Crippen LogP contribution in [-0.2, 0) is 23.7 Å². The molecule has 0 aliphatic carbocycles. The Hall–Kier alpha value is -8.24. The first-order valence-corrected chi connectivity index (χ1v) is 28.5. The zero-order valence-electron chi connectivity index (χ0n) is 48.8. The summed E-state index contributed by atoms with van der Waals surface area (Å²) in [6.07, 6.45) is 3.43. The number of aromatic nitrogens is 2. The van der Waals surface area contributed by atoms with Crippen molar-refractivity contribution < 1.29 is 26.7 Å². The van der Waals surface area contributed by atoms with Gasteiger partial charge in [-0.15, -0.1) is 0 Å². The zero-order valence-corrected chi connectivity index (χ0v) is 48.8. The number of ether oxygens (including phenoxy) is 1. The molecule has 0 N–H and O–H groups in total. The van der Waals surface area contributed by atoms with Gasteiger partial charge < -0.3 is 14.5 Å². The molecule has 0 atom stereocenters. The number of halogens is 5. The van der Waals surface area contributed by atoms with E-state index in [1.54, 1.807) is 6.07 Å². The van der Waals surface area contributed by atoms with Crippen LogP contribution in [0.4, 0.5) is 44.7 Å². The number of fused-ring (bicyclic) bond motifs is 4. The lowest BCUT2D eigenvalue weighted by atomic mass is 9.81. The fraction of sp³-hybridized carbons (Fsp3) is 0.264. The van der Waals surface area contributed by atoms with Gasteiger partial charge in [-0.2, -0.15) is 0 Å². The van der Waals surface area contributed by atoms with Gasteiger partial charge in [0.05, 0.1) is 33.7 Å². The maximum atomic E-state index is 16.8. The van der Waals surface area contributed by atoms with E-state index < -0.39 is 40.1 Å². The highest BCUT2D eigenvalue weighted by Gasteiger charge is 2.37. The van der Waals surface area contributed by atoms with Crippen molar-refractivity contribution in [2.24, 2.45) is 0 Å². The highest BCUT2D eigenvalue weighted by molar-refractivity contribution is 6.09. The summed E-state index contributed by atoms with van der Waals surface area (Å²) < 4.78 is 89.4. The van der Waals surface area contributed by atoms with Crippen molar-refractivity contribution in [1.82, 2.24) is 9.55 Å². The number of rotatable bonds is 12. The number of aryl methyl sites for hydroxylation is 2. The topological polar surface area (TPSA) is 33.5 Å². The van der Waals surface area contributed by atoms with Crippen LogP contribution in [0.15, 0.2) is 152 Å². The molecule has 0 spiro atoms. The molecule has 8 aromatic carbocycles. The lowest BCUT2D eigenvalue weighted by Gasteiger charge is -2.31. The average molecular weight is 1100 g/mol. The zero-order chi connectivity index (χ0) is 58.3. The van der Waals surface area contributed by atoms with Gasteiger partial charge in [-0.1, -0.05) is 150 Å². The Labute approximate surface area is 478 Å². The number of anilines is 4. The number of hydrogen-bond acceptors (Lipinski definition) is 4. The molecule has 0 saturated carbocycles. The maximum Gasteiger partial charge on any atom is 0.200 e. The van der Waals surface area contributed by atoms with E-state index >= 15 is 22.0 Å². The second kappa shape index (κ2) is 21.3. The fourth-order valence-electron chi connectivity index (χ4n) is 11.7. The summed E-state index contributed by atoms with van der Waals surface area (Å²) in [5.41, 5.74) is 12.2. The molecular formula is C72H69F5N4O. The minimum absolute atomic E-state index is 0.0795. The molecule has 10 aromatic rings. The molecule has 0 amide bonds. The number of hydrogen-bond donors (Lipinski definition) is 0. The van der Waals surface area contributed by atoms with Gasteiger partial charge in [0.25, 0.3) is 0 Å². The van der Waals surface area contributed by atoms with E-state index in [0.29, 0.717) is 34.0 Å². The molecular weight excluding hydrogens is 1030 g/mol. The third kappa shape index (κ3) is 9.87. The molecule has 0 saturated heterocycles. The first-order valence-electron chi connectivity index (χ1n) is 28.5. The SMILES string of the molecule is CCc1cccc(CC)c1-c1cc(Oc2ccc3c4ccccc4n(-c4cc(C(C)(C)C)ccn4)c3c2)cc(N2CN(c3c(-c4cc(C(C)C)cc(C(C)C)c4)cc(C(C)(C)C)cc3-c3c(F)c(F)c(F)c(F)c3F)c3ccccc32)c1. The summed E-state index contributed by atoms with van der Waals surface area (Å²) in [5, 5.41) is 2.14. The summed E-state index contributed by atoms with van der Waals surface area (Å²) in [4.78, 5) is 9.01. The highest BCUT2D eigenvalue weighted by Crippen LogP contribution is 2.54. The van der Waals surface area contributed by atoms with Crippen LogP contribution in [0.1, 0.15) is 128 Å². The quantitative estimate of drug-likeness (QED) is 0.0694. The van der Waals surface area contributed by atoms with Crippen LogP contribution in [0.2, 0.25) is 0 Å². The van der Waals surface area contributed by atoms with Gasteiger partial charge in [-0.3, -0.25) is 4.57 Å². The third-order valence-electron chi connectivity index (χ3n) is 16.3. The van der Waals surface area contributed by atoms with Crippen molar-refractivity contribution in [3.8, 4) is 50.7 Å². The summed E-state index contributed by atoms with van der Waals surface area (Å²) in [5.74, 6) is -7.85. The van der Waals surface area contributed by atoms with Crippen molar-refractivity contribution in [1.29, 1.82) is 0 Å². The minimum Gasteiger partial charge on any atom is -0.457 e. The van der Waals surface area contributed by atoms with Crippen LogP contribution >= 0.6 is 0 Å². The Kier molecular flexibility index (Phi) is 14.4. The number of benzene rings is 8. The van der Waals surface area contributed by atoms with Crippen LogP contribution < -0.4 is 14.5 Å². The van der Waals surface area contributed by atoms with Gasteiger partial charge >= 0.3 is 0 Å². The van der Waals surface area contributed by atoms with Crippen molar-refractivity contribution in [3.05, 3.63) is 214 Å². The Balaban J connectivity index is 1.14. The normalized spacial score (nSPS) is 12.9. The average Bonchev–Trinajstić information content (AvgIpc) is 2.03. The minimum atomic E-state index is -2.21. The summed E-state index contributed by atoms with van der Waals surface area (Å²) >= 11 is 0. The van der Waals surface area contributed by atoms with E-state index in [-0.39, 0.29) is 29.5 Å². The maximum absolute atomic E-state index is 16.8. The van der Waals surface area contributed by atoms with Crippen LogP contribution in [0.25, 0.3) is 61.0 Å². The molecule has 1 aliphatic rings. The smallest absolute Gasteiger partial charge is 0.200 e. The van der Waals surface area contributed by atoms with E-state index in [9.17, 15) is 0 Å². The van der Waals surface area contributed by atoms with Crippen molar-refractivity contribution in [2.45, 2.75) is 119 Å². The van der Waals surface area contributed by atoms with Crippen LogP contribution in [0.3, 0.4) is 0 Å². The first kappa shape index (κ1) is 55.7. The van der Waals surface area contributed by atoms with Gasteiger partial charge in [0.2, 0.25) is 5.82 Å². The Morgan fingerprint density at radius 1 is 0.500 bits per heavy atom. The van der Waals surface area contributed by atoms with Crippen LogP contribution in [0.5, 0.6) is 11.5 Å². The van der Waals surface area contributed by atoms with Crippen molar-refractivity contribution in [3.63, 3.8) is 0 Å².